The quantitative estimate of drug-likeness (QED) is 0.744. The molecule has 2 unspecified atom stereocenters. The van der Waals surface area contributed by atoms with Crippen LogP contribution in [0.2, 0.25) is 5.02 Å². The zero-order valence-corrected chi connectivity index (χ0v) is 12.3. The summed E-state index contributed by atoms with van der Waals surface area (Å²) in [6, 6.07) is 6.47. The van der Waals surface area contributed by atoms with E-state index in [9.17, 15) is 0 Å². The number of hydrogen-bond donors (Lipinski definition) is 0. The summed E-state index contributed by atoms with van der Waals surface area (Å²) in [5, 5.41) is 0.756. The van der Waals surface area contributed by atoms with Crippen LogP contribution in [-0.4, -0.2) is 9.55 Å². The lowest BCUT2D eigenvalue weighted by atomic mass is 10.1. The largest absolute Gasteiger partial charge is 0.325 e. The molecule has 0 saturated heterocycles. The summed E-state index contributed by atoms with van der Waals surface area (Å²) < 4.78 is 2.37. The molecule has 2 atom stereocenters. The summed E-state index contributed by atoms with van der Waals surface area (Å²) in [4.78, 5) is 4.79. The maximum Gasteiger partial charge on any atom is 0.112 e. The van der Waals surface area contributed by atoms with Gasteiger partial charge < -0.3 is 4.57 Å². The van der Waals surface area contributed by atoms with Crippen LogP contribution in [-0.2, 0) is 0 Å². The molecule has 98 valence electrons. The van der Waals surface area contributed by atoms with Crippen LogP contribution in [0.25, 0.3) is 11.0 Å². The third-order valence-corrected chi connectivity index (χ3v) is 4.00. The second-order valence-corrected chi connectivity index (χ2v) is 5.48. The van der Waals surface area contributed by atoms with Crippen LogP contribution in [0.1, 0.15) is 58.3 Å². The lowest BCUT2D eigenvalue weighted by molar-refractivity contribution is 0.499. The van der Waals surface area contributed by atoms with Crippen LogP contribution >= 0.6 is 11.6 Å². The monoisotopic (exact) mass is 264 g/mol. The molecule has 2 aromatic rings. The van der Waals surface area contributed by atoms with Crippen LogP contribution in [0.3, 0.4) is 0 Å². The molecule has 18 heavy (non-hydrogen) atoms. The average Bonchev–Trinajstić information content (AvgIpc) is 2.75. The molecule has 0 saturated carbocycles. The Morgan fingerprint density at radius 2 is 1.94 bits per heavy atom. The Morgan fingerprint density at radius 3 is 2.56 bits per heavy atom. The van der Waals surface area contributed by atoms with E-state index in [1.807, 2.05) is 12.1 Å². The molecule has 0 spiro atoms. The highest BCUT2D eigenvalue weighted by atomic mass is 35.5. The van der Waals surface area contributed by atoms with Crippen molar-refractivity contribution < 1.29 is 0 Å². The predicted molar refractivity (Wildman–Crippen MR) is 78.5 cm³/mol. The molecule has 2 nitrogen and oxygen atoms in total. The minimum Gasteiger partial charge on any atom is -0.325 e. The fraction of sp³-hybridized carbons (Fsp3) is 0.533. The Hall–Kier alpha value is -1.02. The van der Waals surface area contributed by atoms with E-state index >= 15 is 0 Å². The van der Waals surface area contributed by atoms with Crippen molar-refractivity contribution in [2.75, 3.05) is 0 Å². The van der Waals surface area contributed by atoms with Crippen molar-refractivity contribution in [3.05, 3.63) is 29.0 Å². The smallest absolute Gasteiger partial charge is 0.112 e. The first-order valence-electron chi connectivity index (χ1n) is 6.75. The fourth-order valence-electron chi connectivity index (χ4n) is 2.27. The highest BCUT2D eigenvalue weighted by Crippen LogP contribution is 2.30. The SMILES string of the molecule is CCC(C)c1nc2cc(Cl)ccc2n1C(C)CC. The third kappa shape index (κ3) is 2.26. The van der Waals surface area contributed by atoms with Gasteiger partial charge in [0.1, 0.15) is 5.82 Å². The van der Waals surface area contributed by atoms with Gasteiger partial charge in [-0.1, -0.05) is 32.4 Å². The molecule has 1 aromatic carbocycles. The Morgan fingerprint density at radius 1 is 1.22 bits per heavy atom. The minimum atomic E-state index is 0.472. The third-order valence-electron chi connectivity index (χ3n) is 3.76. The van der Waals surface area contributed by atoms with E-state index in [0.29, 0.717) is 12.0 Å². The molecule has 0 bridgehead atoms. The van der Waals surface area contributed by atoms with E-state index in [1.165, 1.54) is 11.3 Å². The van der Waals surface area contributed by atoms with Gasteiger partial charge in [0.2, 0.25) is 0 Å². The van der Waals surface area contributed by atoms with Crippen molar-refractivity contribution in [3.8, 4) is 0 Å². The molecular formula is C15H21ClN2. The molecule has 0 aliphatic carbocycles. The Kier molecular flexibility index (Phi) is 3.96. The van der Waals surface area contributed by atoms with Gasteiger partial charge >= 0.3 is 0 Å². The topological polar surface area (TPSA) is 17.8 Å². The second kappa shape index (κ2) is 5.31. The maximum atomic E-state index is 6.06. The summed E-state index contributed by atoms with van der Waals surface area (Å²) in [5.41, 5.74) is 2.21. The van der Waals surface area contributed by atoms with E-state index in [-0.39, 0.29) is 0 Å². The highest BCUT2D eigenvalue weighted by molar-refractivity contribution is 6.31. The number of aromatic nitrogens is 2. The molecule has 1 heterocycles. The Labute approximate surface area is 114 Å². The number of rotatable bonds is 4. The van der Waals surface area contributed by atoms with Gasteiger partial charge in [0.05, 0.1) is 11.0 Å². The number of halogens is 1. The molecule has 0 N–H and O–H groups in total. The van der Waals surface area contributed by atoms with E-state index < -0.39 is 0 Å². The first-order chi connectivity index (χ1) is 8.58. The van der Waals surface area contributed by atoms with Crippen molar-refractivity contribution in [1.82, 2.24) is 9.55 Å². The predicted octanol–water partition coefficient (Wildman–Crippen LogP) is 5.17. The molecule has 0 aliphatic heterocycles. The van der Waals surface area contributed by atoms with Crippen molar-refractivity contribution in [2.24, 2.45) is 0 Å². The van der Waals surface area contributed by atoms with Crippen LogP contribution in [0, 0.1) is 0 Å². The number of imidazole rings is 1. The Bertz CT molecular complexity index is 545. The van der Waals surface area contributed by atoms with Gasteiger partial charge in [0.15, 0.2) is 0 Å². The average molecular weight is 265 g/mol. The first-order valence-corrected chi connectivity index (χ1v) is 7.13. The van der Waals surface area contributed by atoms with Crippen LogP contribution in [0.15, 0.2) is 18.2 Å². The zero-order chi connectivity index (χ0) is 13.3. The normalized spacial score (nSPS) is 14.9. The van der Waals surface area contributed by atoms with E-state index in [1.54, 1.807) is 0 Å². The number of nitrogens with zero attached hydrogens (tertiary/aromatic N) is 2. The molecule has 1 aromatic heterocycles. The van der Waals surface area contributed by atoms with Crippen LogP contribution in [0.5, 0.6) is 0 Å². The van der Waals surface area contributed by atoms with Gasteiger partial charge in [-0.05, 0) is 38.0 Å². The van der Waals surface area contributed by atoms with Crippen LogP contribution < -0.4 is 0 Å². The zero-order valence-electron chi connectivity index (χ0n) is 11.6. The summed E-state index contributed by atoms with van der Waals surface area (Å²) in [6.07, 6.45) is 2.21. The lowest BCUT2D eigenvalue weighted by Crippen LogP contribution is -2.10. The van der Waals surface area contributed by atoms with E-state index in [0.717, 1.165) is 23.4 Å². The minimum absolute atomic E-state index is 0.472. The van der Waals surface area contributed by atoms with Gasteiger partial charge in [-0.25, -0.2) is 4.98 Å². The van der Waals surface area contributed by atoms with Crippen molar-refractivity contribution in [1.29, 1.82) is 0 Å². The van der Waals surface area contributed by atoms with Gasteiger partial charge in [-0.3, -0.25) is 0 Å². The fourth-order valence-corrected chi connectivity index (χ4v) is 2.43. The lowest BCUT2D eigenvalue weighted by Gasteiger charge is -2.18. The van der Waals surface area contributed by atoms with E-state index in [2.05, 4.69) is 38.3 Å². The maximum absolute atomic E-state index is 6.06. The highest BCUT2D eigenvalue weighted by Gasteiger charge is 2.18. The second-order valence-electron chi connectivity index (χ2n) is 5.04. The van der Waals surface area contributed by atoms with Gasteiger partial charge in [-0.15, -0.1) is 0 Å². The number of fused-ring (bicyclic) bond motifs is 1. The summed E-state index contributed by atoms with van der Waals surface area (Å²) in [7, 11) is 0. The molecule has 2 rings (SSSR count). The molecule has 3 heteroatoms. The summed E-state index contributed by atoms with van der Waals surface area (Å²) in [5.74, 6) is 1.66. The molecule has 0 fully saturated rings. The van der Waals surface area contributed by atoms with Gasteiger partial charge in [0.25, 0.3) is 0 Å². The number of hydrogen-bond acceptors (Lipinski definition) is 1. The van der Waals surface area contributed by atoms with Gasteiger partial charge in [-0.2, -0.15) is 0 Å². The molecule has 0 amide bonds. The van der Waals surface area contributed by atoms with Crippen molar-refractivity contribution in [3.63, 3.8) is 0 Å². The molecule has 0 radical (unpaired) electrons. The Balaban J connectivity index is 2.67. The summed E-state index contributed by atoms with van der Waals surface area (Å²) in [6.45, 7) is 8.91. The van der Waals surface area contributed by atoms with Crippen molar-refractivity contribution >= 4 is 22.6 Å². The molecular weight excluding hydrogens is 244 g/mol. The first kappa shape index (κ1) is 13.4. The van der Waals surface area contributed by atoms with Gasteiger partial charge in [0, 0.05) is 17.0 Å². The number of benzene rings is 1. The standard InChI is InChI=1S/C15H21ClN2/c1-5-10(3)15-17-13-9-12(16)7-8-14(13)18(15)11(4)6-2/h7-11H,5-6H2,1-4H3. The van der Waals surface area contributed by atoms with E-state index in [4.69, 9.17) is 16.6 Å². The van der Waals surface area contributed by atoms with Crippen molar-refractivity contribution in [2.45, 2.75) is 52.5 Å². The summed E-state index contributed by atoms with van der Waals surface area (Å²) >= 11 is 6.06. The van der Waals surface area contributed by atoms with Crippen LogP contribution in [0.4, 0.5) is 0 Å². The molecule has 0 aliphatic rings.